The van der Waals surface area contributed by atoms with Gasteiger partial charge >= 0.3 is 0 Å². The summed E-state index contributed by atoms with van der Waals surface area (Å²) in [4.78, 5) is 16.6. The zero-order chi connectivity index (χ0) is 13.0. The SMILES string of the molecule is CCCn1ncnc1C(=O)C1CCC(CC)CC1. The Balaban J connectivity index is 2.01. The van der Waals surface area contributed by atoms with Crippen molar-refractivity contribution in [3.8, 4) is 0 Å². The van der Waals surface area contributed by atoms with Crippen LogP contribution < -0.4 is 0 Å². The minimum atomic E-state index is 0.174. The topological polar surface area (TPSA) is 47.8 Å². The van der Waals surface area contributed by atoms with Crippen molar-refractivity contribution < 1.29 is 4.79 Å². The first kappa shape index (κ1) is 13.2. The minimum absolute atomic E-state index is 0.174. The van der Waals surface area contributed by atoms with Gasteiger partial charge in [0.25, 0.3) is 0 Å². The summed E-state index contributed by atoms with van der Waals surface area (Å²) in [6.45, 7) is 5.11. The molecule has 1 fully saturated rings. The minimum Gasteiger partial charge on any atom is -0.290 e. The molecule has 1 heterocycles. The number of rotatable bonds is 5. The van der Waals surface area contributed by atoms with Crippen LogP contribution in [0.3, 0.4) is 0 Å². The quantitative estimate of drug-likeness (QED) is 0.753. The standard InChI is InChI=1S/C14H23N3O/c1-3-9-17-14(15-10-16-17)13(18)12-7-5-11(4-2)6-8-12/h10-12H,3-9H2,1-2H3. The van der Waals surface area contributed by atoms with E-state index >= 15 is 0 Å². The lowest BCUT2D eigenvalue weighted by Crippen LogP contribution is -2.24. The van der Waals surface area contributed by atoms with Gasteiger partial charge in [-0.3, -0.25) is 4.79 Å². The van der Waals surface area contributed by atoms with Gasteiger partial charge in [0.05, 0.1) is 0 Å². The summed E-state index contributed by atoms with van der Waals surface area (Å²) in [6.07, 6.45) is 8.15. The van der Waals surface area contributed by atoms with Crippen molar-refractivity contribution in [1.82, 2.24) is 14.8 Å². The molecule has 0 radical (unpaired) electrons. The fourth-order valence-electron chi connectivity index (χ4n) is 2.85. The van der Waals surface area contributed by atoms with Crippen LogP contribution in [0.15, 0.2) is 6.33 Å². The van der Waals surface area contributed by atoms with Crippen molar-refractivity contribution >= 4 is 5.78 Å². The number of hydrogen-bond acceptors (Lipinski definition) is 3. The lowest BCUT2D eigenvalue weighted by molar-refractivity contribution is 0.0854. The van der Waals surface area contributed by atoms with Crippen LogP contribution in [-0.4, -0.2) is 20.5 Å². The predicted molar refractivity (Wildman–Crippen MR) is 70.4 cm³/mol. The Kier molecular flexibility index (Phi) is 4.50. The second-order valence-corrected chi connectivity index (χ2v) is 5.30. The highest BCUT2D eigenvalue weighted by Gasteiger charge is 2.28. The Morgan fingerprint density at radius 3 is 2.67 bits per heavy atom. The molecule has 1 aliphatic rings. The lowest BCUT2D eigenvalue weighted by Gasteiger charge is -2.26. The molecule has 0 N–H and O–H groups in total. The zero-order valence-electron chi connectivity index (χ0n) is 11.4. The van der Waals surface area contributed by atoms with Crippen LogP contribution in [0.25, 0.3) is 0 Å². The summed E-state index contributed by atoms with van der Waals surface area (Å²) >= 11 is 0. The van der Waals surface area contributed by atoms with Crippen molar-refractivity contribution in [3.05, 3.63) is 12.2 Å². The molecule has 0 amide bonds. The Morgan fingerprint density at radius 1 is 1.33 bits per heavy atom. The molecule has 0 aliphatic heterocycles. The van der Waals surface area contributed by atoms with Crippen LogP contribution >= 0.6 is 0 Å². The van der Waals surface area contributed by atoms with Crippen LogP contribution in [0.4, 0.5) is 0 Å². The van der Waals surface area contributed by atoms with E-state index in [2.05, 4.69) is 23.9 Å². The fraction of sp³-hybridized carbons (Fsp3) is 0.786. The van der Waals surface area contributed by atoms with Crippen molar-refractivity contribution in [2.75, 3.05) is 0 Å². The van der Waals surface area contributed by atoms with Gasteiger partial charge in [0.15, 0.2) is 5.82 Å². The van der Waals surface area contributed by atoms with E-state index in [0.29, 0.717) is 5.82 Å². The third kappa shape index (κ3) is 2.79. The number of aromatic nitrogens is 3. The van der Waals surface area contributed by atoms with Crippen LogP contribution in [0.2, 0.25) is 0 Å². The second-order valence-electron chi connectivity index (χ2n) is 5.30. The van der Waals surface area contributed by atoms with Gasteiger partial charge in [-0.1, -0.05) is 20.3 Å². The predicted octanol–water partition coefficient (Wildman–Crippen LogP) is 3.09. The number of hydrogen-bond donors (Lipinski definition) is 0. The summed E-state index contributed by atoms with van der Waals surface area (Å²) in [5.74, 6) is 1.77. The first-order chi connectivity index (χ1) is 8.76. The van der Waals surface area contributed by atoms with Gasteiger partial charge in [-0.2, -0.15) is 5.10 Å². The molecule has 1 aromatic heterocycles. The van der Waals surface area contributed by atoms with E-state index in [1.54, 1.807) is 4.68 Å². The van der Waals surface area contributed by atoms with Crippen LogP contribution in [0.5, 0.6) is 0 Å². The number of ketones is 1. The van der Waals surface area contributed by atoms with Crippen molar-refractivity contribution in [2.24, 2.45) is 11.8 Å². The molecule has 18 heavy (non-hydrogen) atoms. The van der Waals surface area contributed by atoms with Gasteiger partial charge < -0.3 is 0 Å². The highest BCUT2D eigenvalue weighted by atomic mass is 16.1. The molecule has 0 bridgehead atoms. The average Bonchev–Trinajstić information content (AvgIpc) is 2.87. The summed E-state index contributed by atoms with van der Waals surface area (Å²) in [7, 11) is 0. The van der Waals surface area contributed by atoms with Crippen LogP contribution in [0, 0.1) is 11.8 Å². The smallest absolute Gasteiger partial charge is 0.202 e. The Labute approximate surface area is 109 Å². The average molecular weight is 249 g/mol. The van der Waals surface area contributed by atoms with E-state index in [0.717, 1.165) is 31.7 Å². The lowest BCUT2D eigenvalue weighted by atomic mass is 9.79. The first-order valence-corrected chi connectivity index (χ1v) is 7.18. The van der Waals surface area contributed by atoms with Crippen molar-refractivity contribution in [3.63, 3.8) is 0 Å². The third-order valence-electron chi connectivity index (χ3n) is 4.07. The largest absolute Gasteiger partial charge is 0.290 e. The highest BCUT2D eigenvalue weighted by Crippen LogP contribution is 2.32. The molecule has 0 saturated heterocycles. The number of Topliss-reactive ketones (excluding diaryl/α,β-unsaturated/α-hetero) is 1. The summed E-state index contributed by atoms with van der Waals surface area (Å²) in [5, 5.41) is 4.14. The van der Waals surface area contributed by atoms with Gasteiger partial charge in [-0.05, 0) is 38.0 Å². The van der Waals surface area contributed by atoms with Crippen molar-refractivity contribution in [2.45, 2.75) is 58.9 Å². The molecule has 0 atom stereocenters. The normalized spacial score (nSPS) is 24.1. The molecule has 0 spiro atoms. The third-order valence-corrected chi connectivity index (χ3v) is 4.07. The summed E-state index contributed by atoms with van der Waals surface area (Å²) in [5.41, 5.74) is 0. The Morgan fingerprint density at radius 2 is 2.06 bits per heavy atom. The molecule has 2 rings (SSSR count). The van der Waals surface area contributed by atoms with E-state index in [9.17, 15) is 4.79 Å². The molecule has 1 saturated carbocycles. The van der Waals surface area contributed by atoms with Gasteiger partial charge in [-0.15, -0.1) is 0 Å². The molecule has 0 unspecified atom stereocenters. The zero-order valence-corrected chi connectivity index (χ0v) is 11.4. The second kappa shape index (κ2) is 6.12. The van der Waals surface area contributed by atoms with Crippen molar-refractivity contribution in [1.29, 1.82) is 0 Å². The van der Waals surface area contributed by atoms with E-state index in [4.69, 9.17) is 0 Å². The Bertz CT molecular complexity index is 391. The number of aryl methyl sites for hydroxylation is 1. The fourth-order valence-corrected chi connectivity index (χ4v) is 2.85. The maximum Gasteiger partial charge on any atom is 0.202 e. The molecule has 4 nitrogen and oxygen atoms in total. The number of carbonyl (C=O) groups excluding carboxylic acids is 1. The summed E-state index contributed by atoms with van der Waals surface area (Å²) in [6, 6.07) is 0. The molecular weight excluding hydrogens is 226 g/mol. The monoisotopic (exact) mass is 249 g/mol. The molecule has 4 heteroatoms. The van der Waals surface area contributed by atoms with Crippen LogP contribution in [0.1, 0.15) is 63.0 Å². The number of carbonyl (C=O) groups is 1. The maximum atomic E-state index is 12.4. The maximum absolute atomic E-state index is 12.4. The van der Waals surface area contributed by atoms with Gasteiger partial charge in [0.1, 0.15) is 6.33 Å². The molecule has 1 aromatic rings. The van der Waals surface area contributed by atoms with Gasteiger partial charge in [-0.25, -0.2) is 9.67 Å². The molecule has 1 aliphatic carbocycles. The highest BCUT2D eigenvalue weighted by molar-refractivity contribution is 5.94. The van der Waals surface area contributed by atoms with Crippen LogP contribution in [-0.2, 0) is 6.54 Å². The molecular formula is C14H23N3O. The molecule has 100 valence electrons. The van der Waals surface area contributed by atoms with E-state index in [1.165, 1.54) is 25.6 Å². The van der Waals surface area contributed by atoms with Gasteiger partial charge in [0.2, 0.25) is 5.78 Å². The molecule has 0 aromatic carbocycles. The summed E-state index contributed by atoms with van der Waals surface area (Å²) < 4.78 is 1.76. The Hall–Kier alpha value is -1.19. The first-order valence-electron chi connectivity index (χ1n) is 7.18. The number of nitrogens with zero attached hydrogens (tertiary/aromatic N) is 3. The van der Waals surface area contributed by atoms with E-state index in [-0.39, 0.29) is 11.7 Å². The van der Waals surface area contributed by atoms with E-state index in [1.807, 2.05) is 0 Å². The van der Waals surface area contributed by atoms with Gasteiger partial charge in [0, 0.05) is 12.5 Å². The van der Waals surface area contributed by atoms with E-state index < -0.39 is 0 Å².